The standard InChI is InChI=1S/C17H20N6S/c1-13-5-7-14(8-6-13)11-24-17-18-12-22(21-17)10-16-20-19-15-4-2-3-9-23(15)16/h5-8,12H,2-4,9-11H2,1H3. The van der Waals surface area contributed by atoms with E-state index in [1.165, 1.54) is 24.0 Å². The van der Waals surface area contributed by atoms with Gasteiger partial charge in [-0.3, -0.25) is 0 Å². The molecule has 0 saturated carbocycles. The van der Waals surface area contributed by atoms with Crippen molar-refractivity contribution >= 4 is 11.8 Å². The van der Waals surface area contributed by atoms with Gasteiger partial charge in [0.25, 0.3) is 0 Å². The zero-order valence-electron chi connectivity index (χ0n) is 13.7. The summed E-state index contributed by atoms with van der Waals surface area (Å²) in [6, 6.07) is 8.58. The van der Waals surface area contributed by atoms with E-state index in [1.807, 2.05) is 4.68 Å². The zero-order chi connectivity index (χ0) is 16.4. The molecule has 24 heavy (non-hydrogen) atoms. The predicted octanol–water partition coefficient (Wildman–Crippen LogP) is 2.85. The van der Waals surface area contributed by atoms with Crippen molar-refractivity contribution in [3.05, 3.63) is 53.4 Å². The fourth-order valence-corrected chi connectivity index (χ4v) is 3.65. The van der Waals surface area contributed by atoms with Crippen molar-refractivity contribution in [1.29, 1.82) is 0 Å². The largest absolute Gasteiger partial charge is 0.313 e. The summed E-state index contributed by atoms with van der Waals surface area (Å²) in [5.74, 6) is 2.96. The SMILES string of the molecule is Cc1ccc(CSc2ncn(Cc3nnc4n3CCCC4)n2)cc1. The maximum absolute atomic E-state index is 4.55. The first kappa shape index (κ1) is 15.4. The van der Waals surface area contributed by atoms with Crippen LogP contribution < -0.4 is 0 Å². The van der Waals surface area contributed by atoms with Gasteiger partial charge in [-0.15, -0.1) is 15.3 Å². The van der Waals surface area contributed by atoms with E-state index in [2.05, 4.69) is 56.0 Å². The lowest BCUT2D eigenvalue weighted by Gasteiger charge is -2.14. The number of rotatable bonds is 5. The second kappa shape index (κ2) is 6.76. The average molecular weight is 340 g/mol. The maximum atomic E-state index is 4.55. The molecule has 1 aliphatic rings. The van der Waals surface area contributed by atoms with E-state index in [0.717, 1.165) is 35.5 Å². The molecule has 0 bridgehead atoms. The summed E-state index contributed by atoms with van der Waals surface area (Å²) in [5.41, 5.74) is 2.57. The minimum Gasteiger partial charge on any atom is -0.313 e. The van der Waals surface area contributed by atoms with Crippen LogP contribution in [0.4, 0.5) is 0 Å². The number of thioether (sulfide) groups is 1. The highest BCUT2D eigenvalue weighted by Crippen LogP contribution is 2.20. The van der Waals surface area contributed by atoms with Crippen LogP contribution in [0.15, 0.2) is 35.7 Å². The van der Waals surface area contributed by atoms with Crippen molar-refractivity contribution < 1.29 is 0 Å². The third kappa shape index (κ3) is 3.36. The van der Waals surface area contributed by atoms with Crippen LogP contribution in [0.1, 0.15) is 35.6 Å². The second-order valence-electron chi connectivity index (χ2n) is 6.14. The minimum absolute atomic E-state index is 0.630. The van der Waals surface area contributed by atoms with Gasteiger partial charge in [0.05, 0.1) is 0 Å². The van der Waals surface area contributed by atoms with E-state index in [-0.39, 0.29) is 0 Å². The molecule has 0 N–H and O–H groups in total. The highest BCUT2D eigenvalue weighted by Gasteiger charge is 2.16. The third-order valence-corrected chi connectivity index (χ3v) is 5.17. The van der Waals surface area contributed by atoms with E-state index < -0.39 is 0 Å². The Morgan fingerprint density at radius 1 is 1.12 bits per heavy atom. The smallest absolute Gasteiger partial charge is 0.208 e. The molecule has 6 nitrogen and oxygen atoms in total. The van der Waals surface area contributed by atoms with E-state index in [0.29, 0.717) is 6.54 Å². The van der Waals surface area contributed by atoms with Gasteiger partial charge in [-0.2, -0.15) is 0 Å². The molecule has 2 aromatic heterocycles. The van der Waals surface area contributed by atoms with Gasteiger partial charge < -0.3 is 4.57 Å². The Kier molecular flexibility index (Phi) is 4.34. The first-order chi connectivity index (χ1) is 11.8. The molecule has 3 aromatic rings. The lowest BCUT2D eigenvalue weighted by Crippen LogP contribution is -2.15. The van der Waals surface area contributed by atoms with Crippen molar-refractivity contribution in [3.63, 3.8) is 0 Å². The fraction of sp³-hybridized carbons (Fsp3) is 0.412. The summed E-state index contributed by atoms with van der Waals surface area (Å²) in [4.78, 5) is 4.40. The maximum Gasteiger partial charge on any atom is 0.208 e. The van der Waals surface area contributed by atoms with Gasteiger partial charge in [0.15, 0.2) is 5.82 Å². The fourth-order valence-electron chi connectivity index (χ4n) is 2.88. The minimum atomic E-state index is 0.630. The Morgan fingerprint density at radius 3 is 2.88 bits per heavy atom. The lowest BCUT2D eigenvalue weighted by atomic mass is 10.2. The first-order valence-corrected chi connectivity index (χ1v) is 9.25. The number of benzene rings is 1. The van der Waals surface area contributed by atoms with Gasteiger partial charge in [-0.05, 0) is 25.3 Å². The van der Waals surface area contributed by atoms with Crippen LogP contribution in [-0.4, -0.2) is 29.5 Å². The van der Waals surface area contributed by atoms with Gasteiger partial charge in [0, 0.05) is 18.7 Å². The Labute approximate surface area is 145 Å². The average Bonchev–Trinajstić information content (AvgIpc) is 3.22. The number of nitrogens with zero attached hydrogens (tertiary/aromatic N) is 6. The van der Waals surface area contributed by atoms with E-state index in [9.17, 15) is 0 Å². The molecule has 4 rings (SSSR count). The third-order valence-electron chi connectivity index (χ3n) is 4.24. The van der Waals surface area contributed by atoms with Crippen LogP contribution in [0.25, 0.3) is 0 Å². The molecule has 0 amide bonds. The van der Waals surface area contributed by atoms with E-state index in [4.69, 9.17) is 0 Å². The summed E-state index contributed by atoms with van der Waals surface area (Å²) in [6.07, 6.45) is 5.22. The Balaban J connectivity index is 1.39. The van der Waals surface area contributed by atoms with Crippen molar-refractivity contribution in [1.82, 2.24) is 29.5 Å². The summed E-state index contributed by atoms with van der Waals surface area (Å²) < 4.78 is 4.08. The topological polar surface area (TPSA) is 61.4 Å². The Morgan fingerprint density at radius 2 is 2.00 bits per heavy atom. The molecule has 0 atom stereocenters. The van der Waals surface area contributed by atoms with Crippen molar-refractivity contribution in [2.75, 3.05) is 0 Å². The highest BCUT2D eigenvalue weighted by atomic mass is 32.2. The Hall–Kier alpha value is -2.15. The van der Waals surface area contributed by atoms with Crippen LogP contribution >= 0.6 is 11.8 Å². The number of hydrogen-bond acceptors (Lipinski definition) is 5. The highest BCUT2D eigenvalue weighted by molar-refractivity contribution is 7.98. The molecule has 0 unspecified atom stereocenters. The van der Waals surface area contributed by atoms with Gasteiger partial charge in [0.2, 0.25) is 5.16 Å². The molecular formula is C17H20N6S. The van der Waals surface area contributed by atoms with Gasteiger partial charge in [-0.1, -0.05) is 41.6 Å². The van der Waals surface area contributed by atoms with Crippen LogP contribution in [0.5, 0.6) is 0 Å². The Bertz CT molecular complexity index is 820. The number of fused-ring (bicyclic) bond motifs is 1. The van der Waals surface area contributed by atoms with Gasteiger partial charge in [-0.25, -0.2) is 9.67 Å². The lowest BCUT2D eigenvalue weighted by molar-refractivity contribution is 0.494. The second-order valence-corrected chi connectivity index (χ2v) is 7.08. The molecule has 0 radical (unpaired) electrons. The molecule has 0 saturated heterocycles. The first-order valence-electron chi connectivity index (χ1n) is 8.27. The van der Waals surface area contributed by atoms with Crippen LogP contribution in [0, 0.1) is 6.92 Å². The predicted molar refractivity (Wildman–Crippen MR) is 92.8 cm³/mol. The number of aryl methyl sites for hydroxylation is 2. The van der Waals surface area contributed by atoms with E-state index in [1.54, 1.807) is 18.1 Å². The summed E-state index contributed by atoms with van der Waals surface area (Å²) >= 11 is 1.66. The molecule has 0 aliphatic carbocycles. The molecular weight excluding hydrogens is 320 g/mol. The summed E-state index contributed by atoms with van der Waals surface area (Å²) in [7, 11) is 0. The molecule has 0 fully saturated rings. The summed E-state index contributed by atoms with van der Waals surface area (Å²) in [5, 5.41) is 14.0. The van der Waals surface area contributed by atoms with Crippen LogP contribution in [-0.2, 0) is 25.3 Å². The molecule has 7 heteroatoms. The van der Waals surface area contributed by atoms with Crippen molar-refractivity contribution in [3.8, 4) is 0 Å². The van der Waals surface area contributed by atoms with Crippen molar-refractivity contribution in [2.45, 2.75) is 50.2 Å². The van der Waals surface area contributed by atoms with Gasteiger partial charge in [0.1, 0.15) is 18.7 Å². The molecule has 1 aromatic carbocycles. The van der Waals surface area contributed by atoms with Gasteiger partial charge >= 0.3 is 0 Å². The molecule has 1 aliphatic heterocycles. The molecule has 0 spiro atoms. The van der Waals surface area contributed by atoms with Crippen LogP contribution in [0.3, 0.4) is 0 Å². The number of hydrogen-bond donors (Lipinski definition) is 0. The number of aromatic nitrogens is 6. The zero-order valence-corrected chi connectivity index (χ0v) is 14.5. The summed E-state index contributed by atoms with van der Waals surface area (Å²) in [6.45, 7) is 3.75. The molecule has 124 valence electrons. The quantitative estimate of drug-likeness (QED) is 0.668. The monoisotopic (exact) mass is 340 g/mol. The molecule has 3 heterocycles. The van der Waals surface area contributed by atoms with E-state index >= 15 is 0 Å². The van der Waals surface area contributed by atoms with Crippen LogP contribution in [0.2, 0.25) is 0 Å². The normalized spacial score (nSPS) is 13.9. The van der Waals surface area contributed by atoms with Crippen molar-refractivity contribution in [2.24, 2.45) is 0 Å².